The number of hydrogen-bond acceptors (Lipinski definition) is 3. The fourth-order valence-corrected chi connectivity index (χ4v) is 2.67. The molecule has 0 aromatic heterocycles. The lowest BCUT2D eigenvalue weighted by molar-refractivity contribution is -0.162. The number of aryl methyl sites for hydroxylation is 1. The van der Waals surface area contributed by atoms with Crippen LogP contribution in [0.1, 0.15) is 29.8 Å². The van der Waals surface area contributed by atoms with E-state index in [0.717, 1.165) is 5.56 Å². The molecular weight excluding hydrogens is 287 g/mol. The van der Waals surface area contributed by atoms with E-state index in [2.05, 4.69) is 5.32 Å². The number of benzene rings is 1. The standard InChI is InChI=1S/C16H17FN2O3/c1-9-4-5-12(13(17)6-9)14(20)19-7-16(8-19)15(21)18-10(2)11(3)22-16/h4-6H,7-8H2,1-3H3,(H,18,21). The number of likely N-dealkylation sites (tertiary alicyclic amines) is 1. The number of halogens is 1. The molecule has 1 fully saturated rings. The molecular formula is C16H17FN2O3. The lowest BCUT2D eigenvalue weighted by atomic mass is 9.90. The molecule has 2 heterocycles. The van der Waals surface area contributed by atoms with Crippen molar-refractivity contribution < 1.29 is 18.7 Å². The zero-order valence-electron chi connectivity index (χ0n) is 12.7. The van der Waals surface area contributed by atoms with Crippen LogP contribution in [0.2, 0.25) is 0 Å². The quantitative estimate of drug-likeness (QED) is 0.859. The molecule has 2 aliphatic heterocycles. The first-order valence-corrected chi connectivity index (χ1v) is 7.06. The van der Waals surface area contributed by atoms with Gasteiger partial charge in [-0.05, 0) is 38.5 Å². The zero-order valence-corrected chi connectivity index (χ0v) is 12.7. The first kappa shape index (κ1) is 14.6. The van der Waals surface area contributed by atoms with Crippen molar-refractivity contribution in [1.29, 1.82) is 0 Å². The van der Waals surface area contributed by atoms with E-state index in [1.807, 2.05) is 0 Å². The lowest BCUT2D eigenvalue weighted by Gasteiger charge is -2.50. The predicted molar refractivity (Wildman–Crippen MR) is 77.4 cm³/mol. The molecule has 0 aliphatic carbocycles. The Kier molecular flexibility index (Phi) is 3.20. The first-order valence-electron chi connectivity index (χ1n) is 7.06. The molecule has 2 amide bonds. The summed E-state index contributed by atoms with van der Waals surface area (Å²) in [5.41, 5.74) is 0.394. The Morgan fingerprint density at radius 2 is 2.00 bits per heavy atom. The van der Waals surface area contributed by atoms with E-state index in [4.69, 9.17) is 4.74 Å². The number of carbonyl (C=O) groups excluding carboxylic acids is 2. The smallest absolute Gasteiger partial charge is 0.272 e. The van der Waals surface area contributed by atoms with Crippen molar-refractivity contribution in [3.05, 3.63) is 46.6 Å². The highest BCUT2D eigenvalue weighted by molar-refractivity contribution is 5.98. The summed E-state index contributed by atoms with van der Waals surface area (Å²) < 4.78 is 19.6. The van der Waals surface area contributed by atoms with Gasteiger partial charge in [-0.1, -0.05) is 6.07 Å². The van der Waals surface area contributed by atoms with Crippen LogP contribution in [-0.4, -0.2) is 35.4 Å². The van der Waals surface area contributed by atoms with Crippen molar-refractivity contribution >= 4 is 11.8 Å². The summed E-state index contributed by atoms with van der Waals surface area (Å²) in [5.74, 6) is -0.604. The van der Waals surface area contributed by atoms with Crippen LogP contribution in [-0.2, 0) is 9.53 Å². The van der Waals surface area contributed by atoms with Gasteiger partial charge in [-0.25, -0.2) is 4.39 Å². The highest BCUT2D eigenvalue weighted by atomic mass is 19.1. The van der Waals surface area contributed by atoms with Gasteiger partial charge in [0.15, 0.2) is 0 Å². The summed E-state index contributed by atoms with van der Waals surface area (Å²) >= 11 is 0. The van der Waals surface area contributed by atoms with Crippen LogP contribution < -0.4 is 5.32 Å². The Morgan fingerprint density at radius 3 is 2.64 bits per heavy atom. The average Bonchev–Trinajstić information content (AvgIpc) is 2.40. The highest BCUT2D eigenvalue weighted by Gasteiger charge is 2.55. The largest absolute Gasteiger partial charge is 0.476 e. The van der Waals surface area contributed by atoms with E-state index in [-0.39, 0.29) is 24.6 Å². The molecule has 1 N–H and O–H groups in total. The summed E-state index contributed by atoms with van der Waals surface area (Å²) in [5, 5.41) is 2.74. The summed E-state index contributed by atoms with van der Waals surface area (Å²) in [6.07, 6.45) is 0. The maximum Gasteiger partial charge on any atom is 0.272 e. The predicted octanol–water partition coefficient (Wildman–Crippen LogP) is 1.73. The van der Waals surface area contributed by atoms with Crippen molar-refractivity contribution in [2.75, 3.05) is 13.1 Å². The van der Waals surface area contributed by atoms with E-state index in [1.54, 1.807) is 26.8 Å². The Balaban J connectivity index is 1.76. The van der Waals surface area contributed by atoms with Gasteiger partial charge in [0, 0.05) is 0 Å². The maximum atomic E-state index is 13.9. The van der Waals surface area contributed by atoms with E-state index in [9.17, 15) is 14.0 Å². The van der Waals surface area contributed by atoms with Crippen LogP contribution in [0.15, 0.2) is 29.7 Å². The number of nitrogens with zero attached hydrogens (tertiary/aromatic N) is 1. The number of ether oxygens (including phenoxy) is 1. The molecule has 116 valence electrons. The number of carbonyl (C=O) groups is 2. The Bertz CT molecular complexity index is 705. The number of allylic oxidation sites excluding steroid dienone is 2. The third kappa shape index (κ3) is 2.15. The van der Waals surface area contributed by atoms with E-state index in [0.29, 0.717) is 11.5 Å². The number of amides is 2. The summed E-state index contributed by atoms with van der Waals surface area (Å²) in [4.78, 5) is 25.8. The minimum Gasteiger partial charge on any atom is -0.476 e. The molecule has 0 saturated carbocycles. The normalized spacial score (nSPS) is 19.6. The van der Waals surface area contributed by atoms with Crippen LogP contribution >= 0.6 is 0 Å². The Labute approximate surface area is 127 Å². The van der Waals surface area contributed by atoms with Gasteiger partial charge < -0.3 is 15.0 Å². The molecule has 2 aliphatic rings. The fourth-order valence-electron chi connectivity index (χ4n) is 2.67. The molecule has 0 radical (unpaired) electrons. The Hall–Kier alpha value is -2.37. The van der Waals surface area contributed by atoms with E-state index in [1.165, 1.54) is 17.0 Å². The Morgan fingerprint density at radius 1 is 1.32 bits per heavy atom. The molecule has 1 saturated heterocycles. The monoisotopic (exact) mass is 304 g/mol. The first-order chi connectivity index (χ1) is 10.3. The second kappa shape index (κ2) is 4.83. The molecule has 1 spiro atoms. The van der Waals surface area contributed by atoms with Gasteiger partial charge in [0.1, 0.15) is 11.6 Å². The van der Waals surface area contributed by atoms with Crippen LogP contribution in [0.5, 0.6) is 0 Å². The van der Waals surface area contributed by atoms with Crippen molar-refractivity contribution in [3.63, 3.8) is 0 Å². The number of nitrogens with one attached hydrogen (secondary N) is 1. The van der Waals surface area contributed by atoms with Gasteiger partial charge in [-0.15, -0.1) is 0 Å². The van der Waals surface area contributed by atoms with Crippen LogP contribution in [0.3, 0.4) is 0 Å². The van der Waals surface area contributed by atoms with Gasteiger partial charge in [0.05, 0.1) is 24.4 Å². The molecule has 1 aromatic rings. The molecule has 3 rings (SSSR count). The molecule has 22 heavy (non-hydrogen) atoms. The van der Waals surface area contributed by atoms with Crippen LogP contribution in [0.4, 0.5) is 4.39 Å². The van der Waals surface area contributed by atoms with Crippen molar-refractivity contribution in [3.8, 4) is 0 Å². The second-order valence-electron chi connectivity index (χ2n) is 5.88. The van der Waals surface area contributed by atoms with Crippen LogP contribution in [0.25, 0.3) is 0 Å². The van der Waals surface area contributed by atoms with Gasteiger partial charge in [0.2, 0.25) is 5.60 Å². The fraction of sp³-hybridized carbons (Fsp3) is 0.375. The number of rotatable bonds is 1. The van der Waals surface area contributed by atoms with E-state index >= 15 is 0 Å². The third-order valence-corrected chi connectivity index (χ3v) is 4.13. The van der Waals surface area contributed by atoms with Gasteiger partial charge >= 0.3 is 0 Å². The molecule has 6 heteroatoms. The summed E-state index contributed by atoms with van der Waals surface area (Å²) in [7, 11) is 0. The maximum absolute atomic E-state index is 13.9. The third-order valence-electron chi connectivity index (χ3n) is 4.13. The average molecular weight is 304 g/mol. The van der Waals surface area contributed by atoms with Gasteiger partial charge in [-0.2, -0.15) is 0 Å². The van der Waals surface area contributed by atoms with Gasteiger partial charge in [-0.3, -0.25) is 9.59 Å². The lowest BCUT2D eigenvalue weighted by Crippen LogP contribution is -2.72. The topological polar surface area (TPSA) is 58.6 Å². The van der Waals surface area contributed by atoms with E-state index < -0.39 is 17.3 Å². The molecule has 0 bridgehead atoms. The minimum atomic E-state index is -1.04. The molecule has 0 atom stereocenters. The minimum absolute atomic E-state index is 0.0140. The zero-order chi connectivity index (χ0) is 16.1. The van der Waals surface area contributed by atoms with Gasteiger partial charge in [0.25, 0.3) is 11.8 Å². The highest BCUT2D eigenvalue weighted by Crippen LogP contribution is 2.33. The van der Waals surface area contributed by atoms with Crippen LogP contribution in [0, 0.1) is 12.7 Å². The van der Waals surface area contributed by atoms with Crippen molar-refractivity contribution in [1.82, 2.24) is 10.2 Å². The molecule has 0 unspecified atom stereocenters. The molecule has 1 aromatic carbocycles. The van der Waals surface area contributed by atoms with Crippen molar-refractivity contribution in [2.24, 2.45) is 0 Å². The summed E-state index contributed by atoms with van der Waals surface area (Å²) in [6.45, 7) is 5.52. The molecule has 5 nitrogen and oxygen atoms in total. The summed E-state index contributed by atoms with van der Waals surface area (Å²) in [6, 6.07) is 4.48. The SMILES string of the molecule is CC1=C(C)OC2(CN(C(=O)c3ccc(C)cc3F)C2)C(=O)N1. The second-order valence-corrected chi connectivity index (χ2v) is 5.88. The number of hydrogen-bond donors (Lipinski definition) is 1. The van der Waals surface area contributed by atoms with Crippen molar-refractivity contribution in [2.45, 2.75) is 26.4 Å².